The standard InChI is InChI=1S/C18H26N2O/c1-6-14-12-15(20(7-2)19-14)13-21-17-11-9-8-10-16(17)18(3,4)5/h8-12H,6-7,13H2,1-5H3. The predicted molar refractivity (Wildman–Crippen MR) is 86.8 cm³/mol. The Morgan fingerprint density at radius 2 is 1.86 bits per heavy atom. The average molecular weight is 286 g/mol. The number of benzene rings is 1. The zero-order chi connectivity index (χ0) is 15.5. The Morgan fingerprint density at radius 1 is 1.14 bits per heavy atom. The zero-order valence-electron chi connectivity index (χ0n) is 13.8. The lowest BCUT2D eigenvalue weighted by Gasteiger charge is -2.22. The van der Waals surface area contributed by atoms with Crippen molar-refractivity contribution in [2.45, 2.75) is 59.6 Å². The fourth-order valence-electron chi connectivity index (χ4n) is 2.44. The normalized spacial score (nSPS) is 11.7. The van der Waals surface area contributed by atoms with Crippen molar-refractivity contribution >= 4 is 0 Å². The number of nitrogens with zero attached hydrogens (tertiary/aromatic N) is 2. The van der Waals surface area contributed by atoms with Crippen LogP contribution in [-0.2, 0) is 25.0 Å². The van der Waals surface area contributed by atoms with Crippen molar-refractivity contribution in [2.75, 3.05) is 0 Å². The van der Waals surface area contributed by atoms with Gasteiger partial charge in [-0.3, -0.25) is 4.68 Å². The van der Waals surface area contributed by atoms with Gasteiger partial charge in [-0.2, -0.15) is 5.10 Å². The Hall–Kier alpha value is -1.77. The first-order valence-corrected chi connectivity index (χ1v) is 7.73. The summed E-state index contributed by atoms with van der Waals surface area (Å²) in [4.78, 5) is 0. The average Bonchev–Trinajstić information content (AvgIpc) is 2.87. The highest BCUT2D eigenvalue weighted by atomic mass is 16.5. The Balaban J connectivity index is 2.19. The summed E-state index contributed by atoms with van der Waals surface area (Å²) in [5, 5.41) is 4.57. The molecule has 21 heavy (non-hydrogen) atoms. The molecule has 0 unspecified atom stereocenters. The highest BCUT2D eigenvalue weighted by Crippen LogP contribution is 2.31. The van der Waals surface area contributed by atoms with Gasteiger partial charge in [0.25, 0.3) is 0 Å². The van der Waals surface area contributed by atoms with Crippen LogP contribution in [0.1, 0.15) is 51.6 Å². The Labute approximate surface area is 127 Å². The van der Waals surface area contributed by atoms with Crippen LogP contribution in [0.3, 0.4) is 0 Å². The molecule has 1 heterocycles. The molecule has 0 aliphatic rings. The van der Waals surface area contributed by atoms with Crippen LogP contribution in [0.5, 0.6) is 5.75 Å². The lowest BCUT2D eigenvalue weighted by molar-refractivity contribution is 0.285. The largest absolute Gasteiger partial charge is 0.487 e. The van der Waals surface area contributed by atoms with Gasteiger partial charge in [-0.1, -0.05) is 45.9 Å². The zero-order valence-corrected chi connectivity index (χ0v) is 13.8. The molecule has 0 N–H and O–H groups in total. The lowest BCUT2D eigenvalue weighted by atomic mass is 9.86. The van der Waals surface area contributed by atoms with E-state index in [1.165, 1.54) is 5.56 Å². The lowest BCUT2D eigenvalue weighted by Crippen LogP contribution is -2.14. The van der Waals surface area contributed by atoms with Crippen molar-refractivity contribution < 1.29 is 4.74 Å². The molecule has 0 fully saturated rings. The van der Waals surface area contributed by atoms with Gasteiger partial charge in [-0.25, -0.2) is 0 Å². The Kier molecular flexibility index (Phi) is 4.71. The van der Waals surface area contributed by atoms with Crippen LogP contribution < -0.4 is 4.74 Å². The van der Waals surface area contributed by atoms with E-state index in [2.05, 4.69) is 57.9 Å². The van der Waals surface area contributed by atoms with Crippen molar-refractivity contribution in [1.29, 1.82) is 0 Å². The number of hydrogen-bond donors (Lipinski definition) is 0. The van der Waals surface area contributed by atoms with Crippen molar-refractivity contribution in [1.82, 2.24) is 9.78 Å². The third-order valence-electron chi connectivity index (χ3n) is 3.65. The van der Waals surface area contributed by atoms with Gasteiger partial charge < -0.3 is 4.74 Å². The van der Waals surface area contributed by atoms with Crippen molar-refractivity contribution in [3.8, 4) is 5.75 Å². The third kappa shape index (κ3) is 3.66. The molecule has 3 nitrogen and oxygen atoms in total. The van der Waals surface area contributed by atoms with Gasteiger partial charge in [0.2, 0.25) is 0 Å². The van der Waals surface area contributed by atoms with Crippen LogP contribution in [0.15, 0.2) is 30.3 Å². The van der Waals surface area contributed by atoms with Crippen molar-refractivity contribution in [3.63, 3.8) is 0 Å². The summed E-state index contributed by atoms with van der Waals surface area (Å²) in [6.45, 7) is 12.3. The molecule has 1 aromatic carbocycles. The van der Waals surface area contributed by atoms with Gasteiger partial charge in [0.1, 0.15) is 12.4 Å². The highest BCUT2D eigenvalue weighted by molar-refractivity contribution is 5.38. The first-order chi connectivity index (χ1) is 9.95. The smallest absolute Gasteiger partial charge is 0.130 e. The van der Waals surface area contributed by atoms with Gasteiger partial charge >= 0.3 is 0 Å². The molecule has 0 atom stereocenters. The summed E-state index contributed by atoms with van der Waals surface area (Å²) in [6, 6.07) is 10.4. The van der Waals surface area contributed by atoms with E-state index in [1.807, 2.05) is 16.8 Å². The van der Waals surface area contributed by atoms with Crippen molar-refractivity contribution in [2.24, 2.45) is 0 Å². The maximum absolute atomic E-state index is 6.09. The summed E-state index contributed by atoms with van der Waals surface area (Å²) in [6.07, 6.45) is 0.957. The van der Waals surface area contributed by atoms with Crippen LogP contribution in [0, 0.1) is 0 Å². The second-order valence-electron chi connectivity index (χ2n) is 6.33. The van der Waals surface area contributed by atoms with Crippen LogP contribution in [0.2, 0.25) is 0 Å². The molecule has 0 aliphatic heterocycles. The fourth-order valence-corrected chi connectivity index (χ4v) is 2.44. The molecular formula is C18H26N2O. The molecule has 1 aromatic heterocycles. The highest BCUT2D eigenvalue weighted by Gasteiger charge is 2.18. The van der Waals surface area contributed by atoms with E-state index in [-0.39, 0.29) is 5.41 Å². The number of para-hydroxylation sites is 1. The van der Waals surface area contributed by atoms with Gasteiger partial charge in [0.15, 0.2) is 0 Å². The van der Waals surface area contributed by atoms with E-state index in [0.29, 0.717) is 6.61 Å². The molecule has 2 aromatic rings. The summed E-state index contributed by atoms with van der Waals surface area (Å²) in [5.74, 6) is 0.965. The van der Waals surface area contributed by atoms with E-state index in [0.717, 1.165) is 30.1 Å². The van der Waals surface area contributed by atoms with Crippen LogP contribution in [0.25, 0.3) is 0 Å². The molecule has 0 bridgehead atoms. The molecule has 0 aliphatic carbocycles. The first-order valence-electron chi connectivity index (χ1n) is 7.73. The molecule has 0 saturated heterocycles. The Bertz CT molecular complexity index is 594. The van der Waals surface area contributed by atoms with E-state index >= 15 is 0 Å². The number of aromatic nitrogens is 2. The summed E-state index contributed by atoms with van der Waals surface area (Å²) in [5.41, 5.74) is 3.58. The van der Waals surface area contributed by atoms with E-state index < -0.39 is 0 Å². The second kappa shape index (κ2) is 6.33. The minimum Gasteiger partial charge on any atom is -0.487 e. The SMILES string of the molecule is CCc1cc(COc2ccccc2C(C)(C)C)n(CC)n1. The Morgan fingerprint density at radius 3 is 2.48 bits per heavy atom. The van der Waals surface area contributed by atoms with Crippen molar-refractivity contribution in [3.05, 3.63) is 47.3 Å². The monoisotopic (exact) mass is 286 g/mol. The van der Waals surface area contributed by atoms with E-state index in [1.54, 1.807) is 0 Å². The second-order valence-corrected chi connectivity index (χ2v) is 6.33. The van der Waals surface area contributed by atoms with Crippen LogP contribution in [-0.4, -0.2) is 9.78 Å². The molecule has 0 saturated carbocycles. The maximum Gasteiger partial charge on any atom is 0.130 e. The summed E-state index contributed by atoms with van der Waals surface area (Å²) >= 11 is 0. The minimum absolute atomic E-state index is 0.0795. The molecular weight excluding hydrogens is 260 g/mol. The number of hydrogen-bond acceptors (Lipinski definition) is 2. The number of ether oxygens (including phenoxy) is 1. The van der Waals surface area contributed by atoms with Gasteiger partial charge in [0.05, 0.1) is 11.4 Å². The quantitative estimate of drug-likeness (QED) is 0.817. The topological polar surface area (TPSA) is 27.1 Å². The minimum atomic E-state index is 0.0795. The number of aryl methyl sites for hydroxylation is 2. The van der Waals surface area contributed by atoms with Crippen LogP contribution >= 0.6 is 0 Å². The number of rotatable bonds is 5. The molecule has 2 rings (SSSR count). The van der Waals surface area contributed by atoms with E-state index in [4.69, 9.17) is 4.74 Å². The van der Waals surface area contributed by atoms with Crippen LogP contribution in [0.4, 0.5) is 0 Å². The third-order valence-corrected chi connectivity index (χ3v) is 3.65. The van der Waals surface area contributed by atoms with E-state index in [9.17, 15) is 0 Å². The summed E-state index contributed by atoms with van der Waals surface area (Å²) in [7, 11) is 0. The fraction of sp³-hybridized carbons (Fsp3) is 0.500. The first kappa shape index (κ1) is 15.6. The van der Waals surface area contributed by atoms with Gasteiger partial charge in [-0.15, -0.1) is 0 Å². The molecule has 3 heteroatoms. The predicted octanol–water partition coefficient (Wildman–Crippen LogP) is 4.34. The molecule has 0 radical (unpaired) electrons. The van der Waals surface area contributed by atoms with Gasteiger partial charge in [0, 0.05) is 6.54 Å². The van der Waals surface area contributed by atoms with Gasteiger partial charge in [-0.05, 0) is 36.5 Å². The molecule has 0 amide bonds. The maximum atomic E-state index is 6.09. The molecule has 114 valence electrons. The summed E-state index contributed by atoms with van der Waals surface area (Å²) < 4.78 is 8.12. The molecule has 0 spiro atoms.